The summed E-state index contributed by atoms with van der Waals surface area (Å²) in [6.45, 7) is 3.31. The number of carbonyl (C=O) groups excluding carboxylic acids is 1. The molecule has 6 heteroatoms. The van der Waals surface area contributed by atoms with E-state index in [0.29, 0.717) is 22.9 Å². The highest BCUT2D eigenvalue weighted by Gasteiger charge is 2.10. The van der Waals surface area contributed by atoms with Crippen molar-refractivity contribution in [1.82, 2.24) is 4.98 Å². The topological polar surface area (TPSA) is 63.2 Å². The number of anilines is 2. The van der Waals surface area contributed by atoms with Gasteiger partial charge < -0.3 is 15.4 Å². The molecule has 0 unspecified atom stereocenters. The Balaban J connectivity index is 2.03. The van der Waals surface area contributed by atoms with E-state index in [9.17, 15) is 4.79 Å². The second-order valence-electron chi connectivity index (χ2n) is 5.10. The number of ether oxygens (including phenoxy) is 1. The molecule has 2 rings (SSSR count). The van der Waals surface area contributed by atoms with Crippen LogP contribution in [-0.2, 0) is 4.74 Å². The molecule has 1 aromatic carbocycles. The van der Waals surface area contributed by atoms with Gasteiger partial charge in [0, 0.05) is 43.4 Å². The number of halogens is 1. The van der Waals surface area contributed by atoms with Gasteiger partial charge in [-0.15, -0.1) is 0 Å². The van der Waals surface area contributed by atoms with Gasteiger partial charge in [-0.05, 0) is 37.1 Å². The molecule has 0 fully saturated rings. The second-order valence-corrected chi connectivity index (χ2v) is 5.51. The number of benzene rings is 1. The van der Waals surface area contributed by atoms with Crippen LogP contribution in [-0.4, -0.2) is 31.2 Å². The lowest BCUT2D eigenvalue weighted by molar-refractivity contribution is 0.102. The molecule has 2 N–H and O–H groups in total. The zero-order valence-corrected chi connectivity index (χ0v) is 14.0. The molecule has 0 saturated carbocycles. The van der Waals surface area contributed by atoms with Crippen LogP contribution in [0, 0.1) is 6.92 Å². The summed E-state index contributed by atoms with van der Waals surface area (Å²) in [6.07, 6.45) is 4.11. The van der Waals surface area contributed by atoms with Crippen molar-refractivity contribution in [3.63, 3.8) is 0 Å². The fraction of sp³-hybridized carbons (Fsp3) is 0.294. The number of amides is 1. The number of aromatic nitrogens is 1. The highest BCUT2D eigenvalue weighted by Crippen LogP contribution is 2.23. The Morgan fingerprint density at radius 3 is 2.96 bits per heavy atom. The van der Waals surface area contributed by atoms with Crippen LogP contribution in [0.2, 0.25) is 5.02 Å². The summed E-state index contributed by atoms with van der Waals surface area (Å²) < 4.78 is 5.00. The van der Waals surface area contributed by atoms with E-state index in [2.05, 4.69) is 15.6 Å². The second kappa shape index (κ2) is 8.50. The van der Waals surface area contributed by atoms with E-state index in [0.717, 1.165) is 24.2 Å². The summed E-state index contributed by atoms with van der Waals surface area (Å²) >= 11 is 6.07. The number of carbonyl (C=O) groups is 1. The van der Waals surface area contributed by atoms with Crippen LogP contribution in [0.5, 0.6) is 0 Å². The number of methoxy groups -OCH3 is 1. The minimum absolute atomic E-state index is 0.219. The van der Waals surface area contributed by atoms with E-state index in [1.807, 2.05) is 13.0 Å². The fourth-order valence-corrected chi connectivity index (χ4v) is 2.22. The first-order valence-electron chi connectivity index (χ1n) is 7.36. The number of nitrogens with zero attached hydrogens (tertiary/aromatic N) is 1. The number of pyridine rings is 1. The van der Waals surface area contributed by atoms with Gasteiger partial charge in [-0.1, -0.05) is 17.7 Å². The predicted molar refractivity (Wildman–Crippen MR) is 93.4 cm³/mol. The molecule has 2 aromatic rings. The minimum atomic E-state index is -0.219. The lowest BCUT2D eigenvalue weighted by Crippen LogP contribution is -2.14. The maximum atomic E-state index is 12.4. The van der Waals surface area contributed by atoms with E-state index in [4.69, 9.17) is 16.3 Å². The van der Waals surface area contributed by atoms with Crippen molar-refractivity contribution in [1.29, 1.82) is 0 Å². The van der Waals surface area contributed by atoms with Crippen molar-refractivity contribution in [2.24, 2.45) is 0 Å². The van der Waals surface area contributed by atoms with Gasteiger partial charge >= 0.3 is 0 Å². The lowest BCUT2D eigenvalue weighted by atomic mass is 10.2. The van der Waals surface area contributed by atoms with Gasteiger partial charge in [0.1, 0.15) is 0 Å². The molecular weight excluding hydrogens is 314 g/mol. The van der Waals surface area contributed by atoms with Gasteiger partial charge in [0.15, 0.2) is 0 Å². The van der Waals surface area contributed by atoms with Crippen LogP contribution in [0.15, 0.2) is 36.7 Å². The Morgan fingerprint density at radius 1 is 1.35 bits per heavy atom. The molecule has 0 aliphatic heterocycles. The summed E-state index contributed by atoms with van der Waals surface area (Å²) in [5, 5.41) is 6.70. The fourth-order valence-electron chi connectivity index (χ4n) is 2.05. The monoisotopic (exact) mass is 333 g/mol. The normalized spacial score (nSPS) is 10.4. The maximum absolute atomic E-state index is 12.4. The van der Waals surface area contributed by atoms with E-state index in [-0.39, 0.29) is 5.91 Å². The summed E-state index contributed by atoms with van der Waals surface area (Å²) in [5.41, 5.74) is 2.82. The van der Waals surface area contributed by atoms with Crippen LogP contribution >= 0.6 is 11.6 Å². The zero-order chi connectivity index (χ0) is 16.7. The van der Waals surface area contributed by atoms with Crippen molar-refractivity contribution in [2.45, 2.75) is 13.3 Å². The van der Waals surface area contributed by atoms with Gasteiger partial charge in [0.25, 0.3) is 5.91 Å². The summed E-state index contributed by atoms with van der Waals surface area (Å²) in [7, 11) is 1.67. The van der Waals surface area contributed by atoms with Crippen molar-refractivity contribution >= 4 is 28.9 Å². The molecule has 0 atom stereocenters. The van der Waals surface area contributed by atoms with Gasteiger partial charge in [0.2, 0.25) is 0 Å². The van der Waals surface area contributed by atoms with Gasteiger partial charge in [-0.25, -0.2) is 0 Å². The molecule has 0 spiro atoms. The quantitative estimate of drug-likeness (QED) is 0.758. The molecule has 1 heterocycles. The Kier molecular flexibility index (Phi) is 6.38. The Hall–Kier alpha value is -2.11. The number of nitrogens with one attached hydrogen (secondary N) is 2. The van der Waals surface area contributed by atoms with Crippen LogP contribution in [0.3, 0.4) is 0 Å². The Labute approximate surface area is 141 Å². The number of rotatable bonds is 7. The van der Waals surface area contributed by atoms with Crippen LogP contribution in [0.25, 0.3) is 0 Å². The van der Waals surface area contributed by atoms with E-state index >= 15 is 0 Å². The molecule has 122 valence electrons. The van der Waals surface area contributed by atoms with Gasteiger partial charge in [-0.3, -0.25) is 9.78 Å². The average molecular weight is 334 g/mol. The minimum Gasteiger partial charge on any atom is -0.385 e. The van der Waals surface area contributed by atoms with Crippen LogP contribution in [0.4, 0.5) is 11.4 Å². The molecule has 0 aliphatic carbocycles. The molecule has 0 aliphatic rings. The Bertz CT molecular complexity index is 677. The molecule has 1 amide bonds. The predicted octanol–water partition coefficient (Wildman–Crippen LogP) is 3.74. The zero-order valence-electron chi connectivity index (χ0n) is 13.2. The molecule has 5 nitrogen and oxygen atoms in total. The molecular formula is C17H20ClN3O2. The average Bonchev–Trinajstić information content (AvgIpc) is 2.56. The van der Waals surface area contributed by atoms with Gasteiger partial charge in [-0.2, -0.15) is 0 Å². The first-order valence-corrected chi connectivity index (χ1v) is 7.74. The third kappa shape index (κ3) is 4.94. The largest absolute Gasteiger partial charge is 0.385 e. The third-order valence-electron chi connectivity index (χ3n) is 3.37. The SMILES string of the molecule is COCCCNc1cncc(C(=O)Nc2cccc(Cl)c2C)c1. The third-order valence-corrected chi connectivity index (χ3v) is 3.78. The van der Waals surface area contributed by atoms with E-state index in [1.165, 1.54) is 6.20 Å². The molecule has 1 aromatic heterocycles. The molecule has 0 bridgehead atoms. The summed E-state index contributed by atoms with van der Waals surface area (Å²) in [4.78, 5) is 16.5. The Morgan fingerprint density at radius 2 is 2.17 bits per heavy atom. The van der Waals surface area contributed by atoms with Crippen molar-refractivity contribution in [3.8, 4) is 0 Å². The first kappa shape index (κ1) is 17.2. The number of hydrogen-bond acceptors (Lipinski definition) is 4. The summed E-state index contributed by atoms with van der Waals surface area (Å²) in [6, 6.07) is 7.18. The van der Waals surface area contributed by atoms with Crippen LogP contribution in [0.1, 0.15) is 22.3 Å². The molecule has 0 saturated heterocycles. The number of hydrogen-bond donors (Lipinski definition) is 2. The van der Waals surface area contributed by atoms with Crippen LogP contribution < -0.4 is 10.6 Å². The van der Waals surface area contributed by atoms with Crippen molar-refractivity contribution < 1.29 is 9.53 Å². The maximum Gasteiger partial charge on any atom is 0.257 e. The standard InChI is InChI=1S/C17H20ClN3O2/c1-12-15(18)5-3-6-16(12)21-17(22)13-9-14(11-19-10-13)20-7-4-8-23-2/h3,5-6,9-11,20H,4,7-8H2,1-2H3,(H,21,22). The van der Waals surface area contributed by atoms with Gasteiger partial charge in [0.05, 0.1) is 11.3 Å². The van der Waals surface area contributed by atoms with Crippen molar-refractivity contribution in [2.75, 3.05) is 30.9 Å². The van der Waals surface area contributed by atoms with Crippen molar-refractivity contribution in [3.05, 3.63) is 52.8 Å². The molecule has 23 heavy (non-hydrogen) atoms. The highest BCUT2D eigenvalue weighted by molar-refractivity contribution is 6.31. The summed E-state index contributed by atoms with van der Waals surface area (Å²) in [5.74, 6) is -0.219. The smallest absolute Gasteiger partial charge is 0.257 e. The lowest BCUT2D eigenvalue weighted by Gasteiger charge is -2.10. The highest BCUT2D eigenvalue weighted by atomic mass is 35.5. The molecule has 0 radical (unpaired) electrons. The van der Waals surface area contributed by atoms with E-state index in [1.54, 1.807) is 31.5 Å². The van der Waals surface area contributed by atoms with E-state index < -0.39 is 0 Å². The first-order chi connectivity index (χ1) is 11.1.